The molecule has 1 amide bonds. The third-order valence-corrected chi connectivity index (χ3v) is 6.42. The minimum atomic E-state index is -3.69. The van der Waals surface area contributed by atoms with E-state index >= 15 is 0 Å². The highest BCUT2D eigenvalue weighted by Crippen LogP contribution is 2.25. The first-order valence-electron chi connectivity index (χ1n) is 10.1. The summed E-state index contributed by atoms with van der Waals surface area (Å²) in [5, 5.41) is 2.84. The SMILES string of the molecule is COc1cccc(N([C@@H](C)C(=O)NCc2ccc(N3CCOCC3)cc2)S(C)(=O)=O)c1. The Morgan fingerprint density at radius 1 is 1.19 bits per heavy atom. The molecule has 9 heteroatoms. The van der Waals surface area contributed by atoms with Crippen LogP contribution in [0.3, 0.4) is 0 Å². The topological polar surface area (TPSA) is 88.2 Å². The summed E-state index contributed by atoms with van der Waals surface area (Å²) in [5.74, 6) is 0.129. The zero-order valence-corrected chi connectivity index (χ0v) is 18.9. The fourth-order valence-corrected chi connectivity index (χ4v) is 4.71. The highest BCUT2D eigenvalue weighted by atomic mass is 32.2. The van der Waals surface area contributed by atoms with Crippen LogP contribution in [0.4, 0.5) is 11.4 Å². The van der Waals surface area contributed by atoms with E-state index in [2.05, 4.69) is 10.2 Å². The lowest BCUT2D eigenvalue weighted by Gasteiger charge is -2.29. The van der Waals surface area contributed by atoms with Crippen molar-refractivity contribution in [3.63, 3.8) is 0 Å². The number of ether oxygens (including phenoxy) is 2. The standard InChI is InChI=1S/C22H29N3O5S/c1-17(25(31(3,27)28)20-5-4-6-21(15-20)29-2)22(26)23-16-18-7-9-19(10-8-18)24-11-13-30-14-12-24/h4-10,15,17H,11-14,16H2,1-3H3,(H,23,26)/t17-/m0/s1. The Balaban J connectivity index is 1.66. The van der Waals surface area contributed by atoms with Crippen LogP contribution in [0.1, 0.15) is 12.5 Å². The van der Waals surface area contributed by atoms with E-state index in [4.69, 9.17) is 9.47 Å². The van der Waals surface area contributed by atoms with Crippen LogP contribution in [0.15, 0.2) is 48.5 Å². The molecule has 1 aliphatic rings. The molecule has 168 valence electrons. The van der Waals surface area contributed by atoms with Gasteiger partial charge in [0, 0.05) is 31.4 Å². The number of hydrogen-bond acceptors (Lipinski definition) is 6. The maximum atomic E-state index is 12.8. The van der Waals surface area contributed by atoms with Crippen LogP contribution in [-0.4, -0.2) is 60.0 Å². The van der Waals surface area contributed by atoms with Gasteiger partial charge in [0.2, 0.25) is 15.9 Å². The third kappa shape index (κ3) is 5.89. The van der Waals surface area contributed by atoms with E-state index in [-0.39, 0.29) is 5.91 Å². The summed E-state index contributed by atoms with van der Waals surface area (Å²) in [6.07, 6.45) is 1.08. The van der Waals surface area contributed by atoms with Crippen LogP contribution in [-0.2, 0) is 26.1 Å². The Labute approximate surface area is 183 Å². The smallest absolute Gasteiger partial charge is 0.243 e. The Morgan fingerprint density at radius 3 is 2.48 bits per heavy atom. The molecule has 0 aliphatic carbocycles. The van der Waals surface area contributed by atoms with Gasteiger partial charge in [0.1, 0.15) is 11.8 Å². The highest BCUT2D eigenvalue weighted by molar-refractivity contribution is 7.92. The van der Waals surface area contributed by atoms with E-state index in [1.807, 2.05) is 24.3 Å². The van der Waals surface area contributed by atoms with Crippen molar-refractivity contribution in [1.82, 2.24) is 5.32 Å². The number of methoxy groups -OCH3 is 1. The van der Waals surface area contributed by atoms with Gasteiger partial charge in [0.15, 0.2) is 0 Å². The van der Waals surface area contributed by atoms with Crippen molar-refractivity contribution in [2.45, 2.75) is 19.5 Å². The summed E-state index contributed by atoms with van der Waals surface area (Å²) < 4.78 is 36.5. The highest BCUT2D eigenvalue weighted by Gasteiger charge is 2.29. The number of anilines is 2. The molecule has 1 N–H and O–H groups in total. The largest absolute Gasteiger partial charge is 0.497 e. The minimum absolute atomic E-state index is 0.308. The fraction of sp³-hybridized carbons (Fsp3) is 0.409. The number of morpholine rings is 1. The van der Waals surface area contributed by atoms with Crippen LogP contribution in [0.2, 0.25) is 0 Å². The number of benzene rings is 2. The van der Waals surface area contributed by atoms with Crippen LogP contribution in [0, 0.1) is 0 Å². The van der Waals surface area contributed by atoms with Crippen molar-refractivity contribution >= 4 is 27.3 Å². The van der Waals surface area contributed by atoms with Crippen molar-refractivity contribution in [3.8, 4) is 5.75 Å². The van der Waals surface area contributed by atoms with Crippen LogP contribution in [0.25, 0.3) is 0 Å². The molecule has 0 saturated carbocycles. The molecular formula is C22H29N3O5S. The van der Waals surface area contributed by atoms with Gasteiger partial charge in [-0.25, -0.2) is 8.42 Å². The molecule has 0 aromatic heterocycles. The summed E-state index contributed by atoms with van der Waals surface area (Å²) >= 11 is 0. The van der Waals surface area contributed by atoms with E-state index < -0.39 is 16.1 Å². The molecule has 8 nitrogen and oxygen atoms in total. The normalized spacial score (nSPS) is 15.3. The van der Waals surface area contributed by atoms with Crippen LogP contribution in [0.5, 0.6) is 5.75 Å². The first kappa shape index (κ1) is 22.9. The molecule has 2 aromatic carbocycles. The van der Waals surface area contributed by atoms with E-state index in [0.29, 0.717) is 18.0 Å². The lowest BCUT2D eigenvalue weighted by molar-refractivity contribution is -0.122. The summed E-state index contributed by atoms with van der Waals surface area (Å²) in [6.45, 7) is 5.04. The van der Waals surface area contributed by atoms with Gasteiger partial charge in [-0.2, -0.15) is 0 Å². The molecule has 3 rings (SSSR count). The Bertz CT molecular complexity index is 988. The van der Waals surface area contributed by atoms with Gasteiger partial charge in [0.25, 0.3) is 0 Å². The number of carbonyl (C=O) groups is 1. The number of nitrogens with one attached hydrogen (secondary N) is 1. The number of rotatable bonds is 8. The number of carbonyl (C=O) groups excluding carboxylic acids is 1. The van der Waals surface area contributed by atoms with Crippen molar-refractivity contribution in [2.24, 2.45) is 0 Å². The predicted octanol–water partition coefficient (Wildman–Crippen LogP) is 2.00. The second kappa shape index (κ2) is 10.0. The molecular weight excluding hydrogens is 418 g/mol. The monoisotopic (exact) mass is 447 g/mol. The molecule has 0 spiro atoms. The average molecular weight is 448 g/mol. The lowest BCUT2D eigenvalue weighted by atomic mass is 10.1. The molecule has 0 bridgehead atoms. The summed E-state index contributed by atoms with van der Waals surface area (Å²) in [4.78, 5) is 15.0. The van der Waals surface area contributed by atoms with Gasteiger partial charge in [-0.15, -0.1) is 0 Å². The number of amides is 1. The van der Waals surface area contributed by atoms with Crippen molar-refractivity contribution in [2.75, 3.05) is 48.9 Å². The quantitative estimate of drug-likeness (QED) is 0.666. The van der Waals surface area contributed by atoms with E-state index in [9.17, 15) is 13.2 Å². The molecule has 1 fully saturated rings. The van der Waals surface area contributed by atoms with E-state index in [1.165, 1.54) is 7.11 Å². The zero-order valence-electron chi connectivity index (χ0n) is 18.1. The predicted molar refractivity (Wildman–Crippen MR) is 121 cm³/mol. The van der Waals surface area contributed by atoms with E-state index in [0.717, 1.165) is 48.1 Å². The lowest BCUT2D eigenvalue weighted by Crippen LogP contribution is -2.47. The van der Waals surface area contributed by atoms with Crippen LogP contribution < -0.4 is 19.3 Å². The van der Waals surface area contributed by atoms with Gasteiger partial charge < -0.3 is 19.7 Å². The summed E-state index contributed by atoms with van der Waals surface area (Å²) in [7, 11) is -2.18. The minimum Gasteiger partial charge on any atom is -0.497 e. The average Bonchev–Trinajstić information content (AvgIpc) is 2.77. The number of sulfonamides is 1. The molecule has 0 unspecified atom stereocenters. The van der Waals surface area contributed by atoms with Crippen LogP contribution >= 0.6 is 0 Å². The molecule has 31 heavy (non-hydrogen) atoms. The Hall–Kier alpha value is -2.78. The maximum Gasteiger partial charge on any atom is 0.243 e. The second-order valence-corrected chi connectivity index (χ2v) is 9.28. The van der Waals surface area contributed by atoms with Gasteiger partial charge in [-0.3, -0.25) is 9.10 Å². The van der Waals surface area contributed by atoms with Gasteiger partial charge in [-0.05, 0) is 36.8 Å². The van der Waals surface area contributed by atoms with Gasteiger partial charge in [-0.1, -0.05) is 18.2 Å². The first-order chi connectivity index (χ1) is 14.8. The second-order valence-electron chi connectivity index (χ2n) is 7.42. The van der Waals surface area contributed by atoms with Gasteiger partial charge in [0.05, 0.1) is 32.3 Å². The zero-order chi connectivity index (χ0) is 22.4. The number of nitrogens with zero attached hydrogens (tertiary/aromatic N) is 2. The molecule has 1 saturated heterocycles. The van der Waals surface area contributed by atoms with Crippen molar-refractivity contribution < 1.29 is 22.7 Å². The molecule has 1 aliphatic heterocycles. The Morgan fingerprint density at radius 2 is 1.87 bits per heavy atom. The maximum absolute atomic E-state index is 12.8. The first-order valence-corrected chi connectivity index (χ1v) is 12.0. The third-order valence-electron chi connectivity index (χ3n) is 5.18. The van der Waals surface area contributed by atoms with E-state index in [1.54, 1.807) is 31.2 Å². The summed E-state index contributed by atoms with van der Waals surface area (Å²) in [6, 6.07) is 13.7. The molecule has 0 radical (unpaired) electrons. The Kier molecular flexibility index (Phi) is 7.40. The summed E-state index contributed by atoms with van der Waals surface area (Å²) in [5.41, 5.74) is 2.43. The molecule has 2 aromatic rings. The van der Waals surface area contributed by atoms with Gasteiger partial charge >= 0.3 is 0 Å². The van der Waals surface area contributed by atoms with Crippen molar-refractivity contribution in [1.29, 1.82) is 0 Å². The molecule has 1 heterocycles. The molecule has 1 atom stereocenters. The van der Waals surface area contributed by atoms with Crippen molar-refractivity contribution in [3.05, 3.63) is 54.1 Å². The number of hydrogen-bond donors (Lipinski definition) is 1. The fourth-order valence-electron chi connectivity index (χ4n) is 3.54.